The summed E-state index contributed by atoms with van der Waals surface area (Å²) in [6, 6.07) is 4.08. The molecule has 1 heterocycles. The maximum absolute atomic E-state index is 13.3. The quantitative estimate of drug-likeness (QED) is 0.218. The predicted molar refractivity (Wildman–Crippen MR) is 95.2 cm³/mol. The van der Waals surface area contributed by atoms with E-state index in [9.17, 15) is 19.5 Å². The SMILES string of the molecule is O=C(CCCCOc1nonc1C(Cc1ccc(F)c(Cl)c1)=NO)C(O)CO. The van der Waals surface area contributed by atoms with Crippen LogP contribution in [-0.2, 0) is 11.2 Å². The highest BCUT2D eigenvalue weighted by atomic mass is 35.5. The number of benzene rings is 1. The highest BCUT2D eigenvalue weighted by molar-refractivity contribution is 6.30. The van der Waals surface area contributed by atoms with Crippen molar-refractivity contribution in [2.75, 3.05) is 13.2 Å². The maximum atomic E-state index is 13.3. The minimum atomic E-state index is -1.37. The Hall–Kier alpha value is -2.56. The number of Topliss-reactive ketones (excluding diaryl/α,β-unsaturated/α-hetero) is 1. The predicted octanol–water partition coefficient (Wildman–Crippen LogP) is 1.75. The number of ether oxygens (including phenoxy) is 1. The van der Waals surface area contributed by atoms with E-state index < -0.39 is 24.3 Å². The van der Waals surface area contributed by atoms with Crippen molar-refractivity contribution in [3.8, 4) is 5.88 Å². The third kappa shape index (κ3) is 5.98. The normalized spacial score (nSPS) is 12.8. The van der Waals surface area contributed by atoms with Gasteiger partial charge in [0, 0.05) is 12.8 Å². The van der Waals surface area contributed by atoms with Gasteiger partial charge in [0.2, 0.25) is 0 Å². The van der Waals surface area contributed by atoms with Gasteiger partial charge in [0.05, 0.1) is 18.2 Å². The van der Waals surface area contributed by atoms with Gasteiger partial charge in [-0.1, -0.05) is 22.8 Å². The molecule has 9 nitrogen and oxygen atoms in total. The van der Waals surface area contributed by atoms with E-state index in [1.807, 2.05) is 0 Å². The second kappa shape index (κ2) is 10.7. The van der Waals surface area contributed by atoms with Crippen LogP contribution in [0.3, 0.4) is 0 Å². The number of nitrogens with zero attached hydrogens (tertiary/aromatic N) is 3. The van der Waals surface area contributed by atoms with Crippen LogP contribution in [-0.4, -0.2) is 56.5 Å². The van der Waals surface area contributed by atoms with Gasteiger partial charge in [-0.05, 0) is 40.9 Å². The minimum Gasteiger partial charge on any atom is -0.474 e. The van der Waals surface area contributed by atoms with Crippen LogP contribution >= 0.6 is 11.6 Å². The fourth-order valence-corrected chi connectivity index (χ4v) is 2.50. The van der Waals surface area contributed by atoms with Crippen molar-refractivity contribution < 1.29 is 34.0 Å². The van der Waals surface area contributed by atoms with Crippen LogP contribution in [0.2, 0.25) is 5.02 Å². The van der Waals surface area contributed by atoms with Crippen molar-refractivity contribution in [2.24, 2.45) is 5.16 Å². The molecule has 2 rings (SSSR count). The van der Waals surface area contributed by atoms with Crippen LogP contribution in [0.15, 0.2) is 28.0 Å². The second-order valence-corrected chi connectivity index (χ2v) is 6.27. The number of hydrogen-bond donors (Lipinski definition) is 3. The number of ketones is 1. The van der Waals surface area contributed by atoms with Crippen LogP contribution in [0, 0.1) is 5.82 Å². The number of carbonyl (C=O) groups excluding carboxylic acids is 1. The lowest BCUT2D eigenvalue weighted by molar-refractivity contribution is -0.129. The molecule has 1 unspecified atom stereocenters. The molecule has 3 N–H and O–H groups in total. The Balaban J connectivity index is 1.90. The Morgan fingerprint density at radius 1 is 1.36 bits per heavy atom. The summed E-state index contributed by atoms with van der Waals surface area (Å²) in [5.41, 5.74) is 0.740. The maximum Gasteiger partial charge on any atom is 0.285 e. The third-order valence-corrected chi connectivity index (χ3v) is 4.10. The van der Waals surface area contributed by atoms with E-state index in [2.05, 4.69) is 20.1 Å². The summed E-state index contributed by atoms with van der Waals surface area (Å²) in [5.74, 6) is -1.01. The van der Waals surface area contributed by atoms with Crippen LogP contribution < -0.4 is 4.74 Å². The third-order valence-electron chi connectivity index (χ3n) is 3.81. The van der Waals surface area contributed by atoms with Crippen LogP contribution in [0.5, 0.6) is 5.88 Å². The number of hydrogen-bond acceptors (Lipinski definition) is 9. The van der Waals surface area contributed by atoms with Gasteiger partial charge >= 0.3 is 0 Å². The topological polar surface area (TPSA) is 138 Å². The molecule has 0 spiro atoms. The minimum absolute atomic E-state index is 0.00253. The van der Waals surface area contributed by atoms with Gasteiger partial charge < -0.3 is 20.2 Å². The molecule has 2 aromatic rings. The van der Waals surface area contributed by atoms with E-state index in [0.717, 1.165) is 0 Å². The smallest absolute Gasteiger partial charge is 0.285 e. The summed E-state index contributed by atoms with van der Waals surface area (Å²) in [6.45, 7) is -0.434. The van der Waals surface area contributed by atoms with Crippen LogP contribution in [0.4, 0.5) is 4.39 Å². The molecule has 0 aliphatic carbocycles. The van der Waals surface area contributed by atoms with Crippen molar-refractivity contribution >= 4 is 23.1 Å². The first-order valence-corrected chi connectivity index (χ1v) is 8.76. The van der Waals surface area contributed by atoms with Gasteiger partial charge in [0.15, 0.2) is 11.5 Å². The molecule has 1 aromatic carbocycles. The summed E-state index contributed by atoms with van der Waals surface area (Å²) >= 11 is 5.74. The molecular formula is C17H19ClFN3O6. The highest BCUT2D eigenvalue weighted by Gasteiger charge is 2.20. The average Bonchev–Trinajstić information content (AvgIpc) is 3.16. The molecule has 28 heavy (non-hydrogen) atoms. The molecule has 0 bridgehead atoms. The molecule has 1 atom stereocenters. The number of rotatable bonds is 11. The standard InChI is InChI=1S/C17H19ClFN3O6/c18-11-7-10(4-5-12(11)19)8-13(20-26)16-17(22-28-21-16)27-6-2-1-3-14(24)15(25)9-23/h4-5,7,15,23,25-26H,1-3,6,8-9H2. The monoisotopic (exact) mass is 415 g/mol. The molecule has 0 radical (unpaired) electrons. The number of carbonyl (C=O) groups is 1. The van der Waals surface area contributed by atoms with Crippen molar-refractivity contribution in [1.82, 2.24) is 10.3 Å². The van der Waals surface area contributed by atoms with Gasteiger partial charge in [-0.3, -0.25) is 4.79 Å². The first-order chi connectivity index (χ1) is 13.5. The molecule has 0 aliphatic rings. The van der Waals surface area contributed by atoms with Gasteiger partial charge in [-0.15, -0.1) is 0 Å². The van der Waals surface area contributed by atoms with E-state index in [1.54, 1.807) is 0 Å². The number of aliphatic hydroxyl groups is 2. The molecule has 0 aliphatic heterocycles. The lowest BCUT2D eigenvalue weighted by Crippen LogP contribution is -2.23. The average molecular weight is 416 g/mol. The van der Waals surface area contributed by atoms with Crippen molar-refractivity contribution in [3.63, 3.8) is 0 Å². The fourth-order valence-electron chi connectivity index (χ4n) is 2.30. The van der Waals surface area contributed by atoms with Crippen molar-refractivity contribution in [1.29, 1.82) is 0 Å². The Labute approximate surface area is 164 Å². The summed E-state index contributed by atoms with van der Waals surface area (Å²) in [4.78, 5) is 11.4. The molecule has 11 heteroatoms. The van der Waals surface area contributed by atoms with Crippen LogP contribution in [0.1, 0.15) is 30.5 Å². The van der Waals surface area contributed by atoms with Gasteiger partial charge in [0.1, 0.15) is 17.6 Å². The van der Waals surface area contributed by atoms with E-state index in [-0.39, 0.29) is 41.8 Å². The zero-order valence-electron chi connectivity index (χ0n) is 14.7. The summed E-state index contributed by atoms with van der Waals surface area (Å²) < 4.78 is 23.3. The van der Waals surface area contributed by atoms with Gasteiger partial charge in [-0.2, -0.15) is 0 Å². The Morgan fingerprint density at radius 3 is 2.82 bits per heavy atom. The molecule has 0 saturated heterocycles. The zero-order valence-corrected chi connectivity index (χ0v) is 15.5. The van der Waals surface area contributed by atoms with E-state index in [4.69, 9.17) is 21.4 Å². The van der Waals surface area contributed by atoms with E-state index in [0.29, 0.717) is 18.4 Å². The first-order valence-electron chi connectivity index (χ1n) is 8.38. The number of oxime groups is 1. The number of aliphatic hydroxyl groups excluding tert-OH is 2. The summed E-state index contributed by atoms with van der Waals surface area (Å²) in [7, 11) is 0. The number of halogens is 2. The molecule has 0 saturated carbocycles. The lowest BCUT2D eigenvalue weighted by atomic mass is 10.1. The second-order valence-electron chi connectivity index (χ2n) is 5.86. The molecule has 0 fully saturated rings. The number of aromatic nitrogens is 2. The summed E-state index contributed by atoms with van der Waals surface area (Å²) in [5, 5.41) is 37.5. The molecule has 0 amide bonds. The van der Waals surface area contributed by atoms with E-state index >= 15 is 0 Å². The highest BCUT2D eigenvalue weighted by Crippen LogP contribution is 2.20. The van der Waals surface area contributed by atoms with Crippen molar-refractivity contribution in [2.45, 2.75) is 31.8 Å². The number of unbranched alkanes of at least 4 members (excludes halogenated alkanes) is 1. The molecule has 152 valence electrons. The largest absolute Gasteiger partial charge is 0.474 e. The molecular weight excluding hydrogens is 397 g/mol. The lowest BCUT2D eigenvalue weighted by Gasteiger charge is -2.07. The first kappa shape index (κ1) is 21.7. The van der Waals surface area contributed by atoms with E-state index in [1.165, 1.54) is 18.2 Å². The van der Waals surface area contributed by atoms with Crippen molar-refractivity contribution in [3.05, 3.63) is 40.3 Å². The Kier molecular flexibility index (Phi) is 8.30. The summed E-state index contributed by atoms with van der Waals surface area (Å²) in [6.07, 6.45) is -0.283. The van der Waals surface area contributed by atoms with Gasteiger partial charge in [-0.25, -0.2) is 9.02 Å². The zero-order chi connectivity index (χ0) is 20.5. The molecule has 1 aromatic heterocycles. The van der Waals surface area contributed by atoms with Crippen LogP contribution in [0.25, 0.3) is 0 Å². The Bertz CT molecular complexity index is 829. The Morgan fingerprint density at radius 2 is 2.14 bits per heavy atom. The fraction of sp³-hybridized carbons (Fsp3) is 0.412. The van der Waals surface area contributed by atoms with Gasteiger partial charge in [0.25, 0.3) is 5.88 Å².